The topological polar surface area (TPSA) is 161 Å². The van der Waals surface area contributed by atoms with E-state index in [1.54, 1.807) is 12.1 Å². The van der Waals surface area contributed by atoms with Crippen LogP contribution in [0.2, 0.25) is 0 Å². The van der Waals surface area contributed by atoms with Crippen LogP contribution < -0.4 is 25.8 Å². The van der Waals surface area contributed by atoms with Crippen molar-refractivity contribution < 1.29 is 19.9 Å². The first-order valence-electron chi connectivity index (χ1n) is 8.61. The molecule has 0 aliphatic carbocycles. The lowest BCUT2D eigenvalue weighted by molar-refractivity contribution is -0.537. The van der Waals surface area contributed by atoms with E-state index in [-0.39, 0.29) is 28.4 Å². The van der Waals surface area contributed by atoms with Crippen LogP contribution in [0, 0.1) is 32.8 Å². The van der Waals surface area contributed by atoms with Crippen molar-refractivity contribution in [1.82, 2.24) is 0 Å². The maximum atomic E-state index is 11.6. The summed E-state index contributed by atoms with van der Waals surface area (Å²) in [5.41, 5.74) is 5.70. The number of quaternary nitrogens is 1. The Kier molecular flexibility index (Phi) is 6.75. The number of nitrogens with zero attached hydrogens (tertiary/aromatic N) is 4. The summed E-state index contributed by atoms with van der Waals surface area (Å²) in [6, 6.07) is 9.28. The maximum absolute atomic E-state index is 11.6. The van der Waals surface area contributed by atoms with Gasteiger partial charge in [-0.1, -0.05) is 0 Å². The number of hydrogen-bond acceptors (Lipinski definition) is 8. The van der Waals surface area contributed by atoms with E-state index in [2.05, 4.69) is 10.7 Å². The summed E-state index contributed by atoms with van der Waals surface area (Å²) in [5, 5.41) is 32.5. The number of ether oxygens (including phenoxy) is 1. The fourth-order valence-electron chi connectivity index (χ4n) is 2.73. The number of amides is 1. The first-order chi connectivity index (χ1) is 14.2. The SMILES string of the molecule is COc1cc([NH2+]Nc2c(C#N)cc([N+](=O)[O-])cc2C#N)c(NC(C)=O)cc1N(C)C. The van der Waals surface area contributed by atoms with E-state index in [1.165, 1.54) is 19.5 Å². The molecule has 4 N–H and O–H groups in total. The quantitative estimate of drug-likeness (QED) is 0.268. The normalized spacial score (nSPS) is 9.80. The number of nitrogens with two attached hydrogens (primary N) is 1. The molecule has 0 atom stereocenters. The first kappa shape index (κ1) is 21.9. The van der Waals surface area contributed by atoms with E-state index in [0.717, 1.165) is 17.8 Å². The Balaban J connectivity index is 2.51. The molecule has 0 saturated carbocycles. The molecule has 0 saturated heterocycles. The summed E-state index contributed by atoms with van der Waals surface area (Å²) in [7, 11) is 5.16. The zero-order valence-corrected chi connectivity index (χ0v) is 16.8. The summed E-state index contributed by atoms with van der Waals surface area (Å²) in [6.45, 7) is 1.37. The van der Waals surface area contributed by atoms with Gasteiger partial charge in [0.2, 0.25) is 5.91 Å². The Morgan fingerprint density at radius 3 is 2.23 bits per heavy atom. The van der Waals surface area contributed by atoms with Crippen molar-refractivity contribution in [2.24, 2.45) is 0 Å². The number of nitriles is 2. The van der Waals surface area contributed by atoms with Gasteiger partial charge in [0.15, 0.2) is 5.69 Å². The van der Waals surface area contributed by atoms with Crippen LogP contribution in [0.15, 0.2) is 24.3 Å². The molecule has 0 spiro atoms. The molecule has 0 bridgehead atoms. The number of nitro groups is 1. The maximum Gasteiger partial charge on any atom is 0.272 e. The number of hydrogen-bond donors (Lipinski definition) is 3. The van der Waals surface area contributed by atoms with Crippen LogP contribution in [0.4, 0.5) is 28.4 Å². The van der Waals surface area contributed by atoms with Gasteiger partial charge in [-0.3, -0.25) is 14.9 Å². The van der Waals surface area contributed by atoms with Crippen molar-refractivity contribution >= 4 is 34.3 Å². The summed E-state index contributed by atoms with van der Waals surface area (Å²) in [5.74, 6) is 0.247. The molecule has 30 heavy (non-hydrogen) atoms. The van der Waals surface area contributed by atoms with Crippen LogP contribution in [0.5, 0.6) is 5.75 Å². The molecule has 0 aliphatic rings. The third-order valence-electron chi connectivity index (χ3n) is 4.09. The largest absolute Gasteiger partial charge is 0.494 e. The summed E-state index contributed by atoms with van der Waals surface area (Å²) in [6.07, 6.45) is 0. The van der Waals surface area contributed by atoms with Crippen molar-refractivity contribution in [2.75, 3.05) is 36.8 Å². The second-order valence-corrected chi connectivity index (χ2v) is 6.37. The minimum Gasteiger partial charge on any atom is -0.494 e. The molecule has 0 fully saturated rings. The number of non-ortho nitro benzene ring substituents is 1. The molecule has 0 heterocycles. The van der Waals surface area contributed by atoms with Crippen LogP contribution >= 0.6 is 0 Å². The molecule has 11 heteroatoms. The molecule has 2 rings (SSSR count). The van der Waals surface area contributed by atoms with E-state index < -0.39 is 4.92 Å². The standard InChI is InChI=1S/C19H19N7O4/c1-11(27)22-15-7-17(25(2)3)18(30-4)8-16(15)23-24-19-12(9-20)5-14(26(28)29)6-13(19)10-21/h5-8,23-24H,1-4H3,(H,22,27)/p+1. The lowest BCUT2D eigenvalue weighted by atomic mass is 10.1. The van der Waals surface area contributed by atoms with Crippen LogP contribution in [-0.4, -0.2) is 32.0 Å². The molecule has 2 aromatic carbocycles. The number of nitrogen functional groups attached to an aromatic ring is 1. The van der Waals surface area contributed by atoms with E-state index in [9.17, 15) is 25.4 Å². The third-order valence-corrected chi connectivity index (χ3v) is 4.09. The van der Waals surface area contributed by atoms with Crippen molar-refractivity contribution in [3.05, 3.63) is 45.5 Å². The van der Waals surface area contributed by atoms with Crippen molar-refractivity contribution in [3.8, 4) is 17.9 Å². The van der Waals surface area contributed by atoms with Crippen LogP contribution in [-0.2, 0) is 4.79 Å². The number of anilines is 3. The molecule has 0 radical (unpaired) electrons. The number of nitro benzene ring substituents is 1. The minimum absolute atomic E-state index is 0.0602. The third kappa shape index (κ3) is 4.73. The summed E-state index contributed by atoms with van der Waals surface area (Å²) < 4.78 is 5.41. The van der Waals surface area contributed by atoms with Gasteiger partial charge in [-0.05, 0) is 6.07 Å². The predicted molar refractivity (Wildman–Crippen MR) is 109 cm³/mol. The molecular weight excluding hydrogens is 390 g/mol. The number of nitrogens with one attached hydrogen (secondary N) is 2. The molecule has 0 aromatic heterocycles. The molecule has 154 valence electrons. The van der Waals surface area contributed by atoms with Crippen molar-refractivity contribution in [1.29, 1.82) is 10.5 Å². The van der Waals surface area contributed by atoms with E-state index in [1.807, 2.05) is 31.1 Å². The van der Waals surface area contributed by atoms with Gasteiger partial charge in [-0.25, -0.2) is 10.9 Å². The average molecular weight is 410 g/mol. The van der Waals surface area contributed by atoms with Gasteiger partial charge >= 0.3 is 0 Å². The number of carbonyl (C=O) groups is 1. The van der Waals surface area contributed by atoms with Gasteiger partial charge < -0.3 is 15.0 Å². The molecular formula is C19H20N7O4+. The number of carbonyl (C=O) groups excluding carboxylic acids is 1. The highest BCUT2D eigenvalue weighted by Gasteiger charge is 2.20. The Bertz CT molecular complexity index is 1050. The predicted octanol–water partition coefficient (Wildman–Crippen LogP) is 1.59. The van der Waals surface area contributed by atoms with Crippen LogP contribution in [0.3, 0.4) is 0 Å². The van der Waals surface area contributed by atoms with Crippen molar-refractivity contribution in [2.45, 2.75) is 6.92 Å². The van der Waals surface area contributed by atoms with Crippen molar-refractivity contribution in [3.63, 3.8) is 0 Å². The minimum atomic E-state index is -0.672. The fraction of sp³-hybridized carbons (Fsp3) is 0.211. The van der Waals surface area contributed by atoms with E-state index in [0.29, 0.717) is 17.1 Å². The number of benzene rings is 2. The molecule has 0 aliphatic heterocycles. The molecule has 0 unspecified atom stereocenters. The Hall–Kier alpha value is -4.35. The van der Waals surface area contributed by atoms with E-state index in [4.69, 9.17) is 4.74 Å². The van der Waals surface area contributed by atoms with E-state index >= 15 is 0 Å². The highest BCUT2D eigenvalue weighted by molar-refractivity contribution is 5.93. The Labute approximate surface area is 172 Å². The number of rotatable bonds is 7. The van der Waals surface area contributed by atoms with Crippen LogP contribution in [0.25, 0.3) is 0 Å². The second-order valence-electron chi connectivity index (χ2n) is 6.37. The second kappa shape index (κ2) is 9.23. The molecule has 1 amide bonds. The smallest absolute Gasteiger partial charge is 0.272 e. The zero-order valence-electron chi connectivity index (χ0n) is 16.8. The fourth-order valence-corrected chi connectivity index (χ4v) is 2.73. The summed E-state index contributed by atoms with van der Waals surface area (Å²) >= 11 is 0. The molecule has 2 aromatic rings. The Morgan fingerprint density at radius 1 is 1.20 bits per heavy atom. The number of methoxy groups -OCH3 is 1. The highest BCUT2D eigenvalue weighted by atomic mass is 16.6. The lowest BCUT2D eigenvalue weighted by Crippen LogP contribution is -2.83. The molecule has 11 nitrogen and oxygen atoms in total. The van der Waals surface area contributed by atoms with Gasteiger partial charge in [-0.15, -0.1) is 0 Å². The monoisotopic (exact) mass is 410 g/mol. The van der Waals surface area contributed by atoms with Gasteiger partial charge in [-0.2, -0.15) is 10.5 Å². The first-order valence-corrected chi connectivity index (χ1v) is 8.61. The average Bonchev–Trinajstić information content (AvgIpc) is 2.71. The lowest BCUT2D eigenvalue weighted by Gasteiger charge is -2.19. The van der Waals surface area contributed by atoms with Crippen LogP contribution in [0.1, 0.15) is 18.1 Å². The van der Waals surface area contributed by atoms with Gasteiger partial charge in [0.1, 0.15) is 29.3 Å². The Morgan fingerprint density at radius 2 is 1.80 bits per heavy atom. The van der Waals surface area contributed by atoms with Gasteiger partial charge in [0, 0.05) is 39.2 Å². The summed E-state index contributed by atoms with van der Waals surface area (Å²) in [4.78, 5) is 23.8. The highest BCUT2D eigenvalue weighted by Crippen LogP contribution is 2.34. The zero-order chi connectivity index (χ0) is 22.4. The van der Waals surface area contributed by atoms with Gasteiger partial charge in [0.05, 0.1) is 28.8 Å². The van der Waals surface area contributed by atoms with Gasteiger partial charge in [0.25, 0.3) is 5.69 Å².